The van der Waals surface area contributed by atoms with Gasteiger partial charge in [-0.05, 0) is 54.4 Å². The maximum absolute atomic E-state index is 13.2. The van der Waals surface area contributed by atoms with Gasteiger partial charge in [0.15, 0.2) is 0 Å². The lowest BCUT2D eigenvalue weighted by atomic mass is 10.1. The number of ether oxygens (including phenoxy) is 4. The fraction of sp³-hybridized carbons (Fsp3) is 0.759. The molecule has 1 aromatic rings. The second-order valence-electron chi connectivity index (χ2n) is 12.8. The molecule has 2 heterocycles. The van der Waals surface area contributed by atoms with Crippen molar-refractivity contribution in [2.45, 2.75) is 111 Å². The predicted molar refractivity (Wildman–Crippen MR) is 157 cm³/mol. The van der Waals surface area contributed by atoms with Crippen molar-refractivity contribution in [3.05, 3.63) is 11.8 Å². The smallest absolute Gasteiger partial charge is 0.408 e. The van der Waals surface area contributed by atoms with E-state index in [4.69, 9.17) is 18.9 Å². The number of hydrogen-bond acceptors (Lipinski definition) is 10. The molecule has 11 nitrogen and oxygen atoms in total. The van der Waals surface area contributed by atoms with Crippen molar-refractivity contribution in [2.24, 2.45) is 0 Å². The molecular formula is C29H49IN4O7S. The van der Waals surface area contributed by atoms with Crippen LogP contribution in [0.3, 0.4) is 0 Å². The third kappa shape index (κ3) is 14.5. The van der Waals surface area contributed by atoms with Crippen molar-refractivity contribution in [1.82, 2.24) is 14.1 Å². The minimum absolute atomic E-state index is 0. The van der Waals surface area contributed by atoms with Crippen LogP contribution in [0.2, 0.25) is 0 Å². The highest BCUT2D eigenvalue weighted by molar-refractivity contribution is 6.99. The van der Waals surface area contributed by atoms with Crippen LogP contribution in [0, 0.1) is 0 Å². The summed E-state index contributed by atoms with van der Waals surface area (Å²) in [7, 11) is 2.00. The fourth-order valence-corrected chi connectivity index (χ4v) is 4.76. The Hall–Kier alpha value is -2.00. The molecule has 1 unspecified atom stereocenters. The average Bonchev–Trinajstić information content (AvgIpc) is 3.31. The number of rotatable bonds is 14. The van der Waals surface area contributed by atoms with Gasteiger partial charge in [-0.25, -0.2) is 9.59 Å². The number of carbonyl (C=O) groups is 3. The summed E-state index contributed by atoms with van der Waals surface area (Å²) in [6.07, 6.45) is 6.54. The number of unbranched alkanes of at least 4 members (excludes halogenated alkanes) is 3. The van der Waals surface area contributed by atoms with Crippen molar-refractivity contribution in [2.75, 3.05) is 33.5 Å². The van der Waals surface area contributed by atoms with E-state index in [-0.39, 0.29) is 43.5 Å². The number of carbonyl (C=O) groups excluding carboxylic acids is 3. The van der Waals surface area contributed by atoms with E-state index in [1.165, 1.54) is 12.8 Å². The zero-order chi connectivity index (χ0) is 30.7. The van der Waals surface area contributed by atoms with E-state index in [1.807, 2.05) is 7.05 Å². The van der Waals surface area contributed by atoms with Crippen molar-refractivity contribution in [3.8, 4) is 5.88 Å². The molecule has 0 aliphatic carbocycles. The SMILES string of the molecule is CCCCCCOc1nsnc1C1=CCC[N+](C)(COC(=O)[C@H](CCC(=O)OC(C)(C)C)NC(=O)OC(C)(C)C)C1.[I-]. The number of quaternary nitrogens is 1. The Balaban J connectivity index is 0.00000882. The molecule has 0 saturated carbocycles. The summed E-state index contributed by atoms with van der Waals surface area (Å²) in [5.41, 5.74) is 0.335. The Morgan fingerprint density at radius 1 is 1.05 bits per heavy atom. The molecule has 1 amide bonds. The number of likely N-dealkylation sites (N-methyl/N-ethyl adjacent to an activating group) is 1. The minimum Gasteiger partial charge on any atom is -1.00 e. The molecule has 1 aliphatic heterocycles. The Bertz CT molecular complexity index is 1050. The van der Waals surface area contributed by atoms with Crippen molar-refractivity contribution >= 4 is 35.3 Å². The highest BCUT2D eigenvalue weighted by Crippen LogP contribution is 2.30. The number of amides is 1. The van der Waals surface area contributed by atoms with Gasteiger partial charge in [0.05, 0.1) is 31.9 Å². The van der Waals surface area contributed by atoms with E-state index in [0.717, 1.165) is 48.8 Å². The molecule has 1 aliphatic rings. The molecule has 0 aromatic carbocycles. The summed E-state index contributed by atoms with van der Waals surface area (Å²) in [6, 6.07) is -1.07. The first-order valence-corrected chi connectivity index (χ1v) is 15.2. The normalized spacial score (nSPS) is 17.8. The summed E-state index contributed by atoms with van der Waals surface area (Å²) in [4.78, 5) is 37.9. The first-order valence-electron chi connectivity index (χ1n) is 14.5. The number of alkyl carbamates (subject to hydrolysis) is 1. The number of nitrogens with zero attached hydrogens (tertiary/aromatic N) is 3. The molecule has 2 rings (SSSR count). The van der Waals surface area contributed by atoms with Gasteiger partial charge in [-0.15, -0.1) is 4.37 Å². The molecule has 1 aromatic heterocycles. The van der Waals surface area contributed by atoms with E-state index in [1.54, 1.807) is 41.5 Å². The Morgan fingerprint density at radius 2 is 1.74 bits per heavy atom. The van der Waals surface area contributed by atoms with Crippen LogP contribution in [0.25, 0.3) is 5.57 Å². The molecule has 0 radical (unpaired) electrons. The van der Waals surface area contributed by atoms with Gasteiger partial charge in [-0.2, -0.15) is 4.37 Å². The van der Waals surface area contributed by atoms with Gasteiger partial charge in [0.25, 0.3) is 5.88 Å². The van der Waals surface area contributed by atoms with Crippen molar-refractivity contribution in [1.29, 1.82) is 0 Å². The van der Waals surface area contributed by atoms with E-state index in [9.17, 15) is 14.4 Å². The third-order valence-corrected chi connectivity index (χ3v) is 6.67. The predicted octanol–water partition coefficient (Wildman–Crippen LogP) is 2.25. The van der Waals surface area contributed by atoms with Crippen LogP contribution in [0.1, 0.15) is 99.1 Å². The second kappa shape index (κ2) is 17.3. The first kappa shape index (κ1) is 38.0. The largest absolute Gasteiger partial charge is 1.00 e. The summed E-state index contributed by atoms with van der Waals surface area (Å²) in [5, 5.41) is 2.57. The molecule has 0 bridgehead atoms. The van der Waals surface area contributed by atoms with Gasteiger partial charge in [0.1, 0.15) is 29.5 Å². The van der Waals surface area contributed by atoms with Crippen LogP contribution in [0.15, 0.2) is 6.08 Å². The lowest BCUT2D eigenvalue weighted by Crippen LogP contribution is -3.00. The summed E-state index contributed by atoms with van der Waals surface area (Å²) in [6.45, 7) is 14.7. The quantitative estimate of drug-likeness (QED) is 0.101. The number of nitrogens with one attached hydrogen (secondary N) is 1. The molecule has 42 heavy (non-hydrogen) atoms. The van der Waals surface area contributed by atoms with Crippen LogP contribution in [-0.2, 0) is 23.8 Å². The van der Waals surface area contributed by atoms with E-state index >= 15 is 0 Å². The first-order chi connectivity index (χ1) is 19.1. The minimum atomic E-state index is -1.07. The average molecular weight is 725 g/mol. The lowest BCUT2D eigenvalue weighted by Gasteiger charge is -2.36. The van der Waals surface area contributed by atoms with Gasteiger partial charge < -0.3 is 48.2 Å². The van der Waals surface area contributed by atoms with Crippen LogP contribution in [-0.4, -0.2) is 82.0 Å². The molecule has 13 heteroatoms. The van der Waals surface area contributed by atoms with Gasteiger partial charge >= 0.3 is 18.0 Å². The molecule has 0 spiro atoms. The Morgan fingerprint density at radius 3 is 2.38 bits per heavy atom. The van der Waals surface area contributed by atoms with Gasteiger partial charge in [-0.1, -0.05) is 32.3 Å². The van der Waals surface area contributed by atoms with Gasteiger partial charge in [0, 0.05) is 18.4 Å². The summed E-state index contributed by atoms with van der Waals surface area (Å²) < 4.78 is 31.6. The lowest BCUT2D eigenvalue weighted by molar-refractivity contribution is -0.919. The number of esters is 2. The van der Waals surface area contributed by atoms with Crippen LogP contribution in [0.5, 0.6) is 5.88 Å². The molecule has 0 saturated heterocycles. The van der Waals surface area contributed by atoms with Crippen LogP contribution >= 0.6 is 11.7 Å². The zero-order valence-corrected chi connectivity index (χ0v) is 29.4. The van der Waals surface area contributed by atoms with Gasteiger partial charge in [-0.3, -0.25) is 9.28 Å². The topological polar surface area (TPSA) is 126 Å². The summed E-state index contributed by atoms with van der Waals surface area (Å²) in [5.74, 6) is -0.556. The Labute approximate surface area is 272 Å². The zero-order valence-electron chi connectivity index (χ0n) is 26.4. The molecular weight excluding hydrogens is 675 g/mol. The molecule has 1 N–H and O–H groups in total. The maximum Gasteiger partial charge on any atom is 0.408 e. The highest BCUT2D eigenvalue weighted by Gasteiger charge is 2.33. The standard InChI is InChI=1S/C29H48N4O7S.HI/c1-9-10-11-12-18-37-25-24(31-41-32-25)21-14-13-17-33(8,19-21)20-38-26(35)22(30-27(36)40-29(5,6)7)15-16-23(34)39-28(2,3)4;/h14,22H,9-13,15-20H2,1-8H3;1H/t22-,33?;/m0./s1. The Kier molecular flexibility index (Phi) is 15.7. The van der Waals surface area contributed by atoms with Crippen molar-refractivity contribution in [3.63, 3.8) is 0 Å². The highest BCUT2D eigenvalue weighted by atomic mass is 127. The van der Waals surface area contributed by atoms with E-state index in [0.29, 0.717) is 23.5 Å². The number of aromatic nitrogens is 2. The molecule has 0 fully saturated rings. The molecule has 2 atom stereocenters. The fourth-order valence-electron chi connectivity index (χ4n) is 4.23. The third-order valence-electron chi connectivity index (χ3n) is 6.16. The van der Waals surface area contributed by atoms with Crippen LogP contribution < -0.4 is 34.0 Å². The number of hydrogen-bond donors (Lipinski definition) is 1. The number of halogens is 1. The molecule has 240 valence electrons. The van der Waals surface area contributed by atoms with Gasteiger partial charge in [0.2, 0.25) is 6.73 Å². The van der Waals surface area contributed by atoms with E-state index in [2.05, 4.69) is 27.1 Å². The van der Waals surface area contributed by atoms with Crippen LogP contribution in [0.4, 0.5) is 4.79 Å². The second-order valence-corrected chi connectivity index (χ2v) is 13.3. The maximum atomic E-state index is 13.2. The van der Waals surface area contributed by atoms with Crippen molar-refractivity contribution < 1.29 is 61.8 Å². The van der Waals surface area contributed by atoms with E-state index < -0.39 is 35.3 Å². The summed E-state index contributed by atoms with van der Waals surface area (Å²) >= 11 is 1.12. The monoisotopic (exact) mass is 724 g/mol.